The van der Waals surface area contributed by atoms with Crippen LogP contribution in [0.5, 0.6) is 5.75 Å². The van der Waals surface area contributed by atoms with Gasteiger partial charge in [-0.25, -0.2) is 0 Å². The van der Waals surface area contributed by atoms with E-state index in [-0.39, 0.29) is 18.9 Å². The Labute approximate surface area is 133 Å². The van der Waals surface area contributed by atoms with E-state index in [1.165, 1.54) is 0 Å². The van der Waals surface area contributed by atoms with Crippen molar-refractivity contribution < 1.29 is 19.1 Å². The van der Waals surface area contributed by atoms with Crippen molar-refractivity contribution in [2.24, 2.45) is 5.41 Å². The van der Waals surface area contributed by atoms with Crippen molar-refractivity contribution in [3.8, 4) is 18.1 Å². The molecule has 1 N–H and O–H groups in total. The summed E-state index contributed by atoms with van der Waals surface area (Å²) in [6.45, 7) is 0.495. The summed E-state index contributed by atoms with van der Waals surface area (Å²) >= 11 is 0. The number of nitrogens with zero attached hydrogens (tertiary/aromatic N) is 1. The van der Waals surface area contributed by atoms with Gasteiger partial charge in [-0.3, -0.25) is 19.7 Å². The number of terminal acetylenes is 1. The molecule has 0 unspecified atom stereocenters. The van der Waals surface area contributed by atoms with E-state index in [1.807, 2.05) is 6.07 Å². The molecule has 2 heterocycles. The van der Waals surface area contributed by atoms with Crippen LogP contribution in [0.2, 0.25) is 0 Å². The number of carbonyl (C=O) groups excluding carboxylic acids is 3. The predicted octanol–water partition coefficient (Wildman–Crippen LogP) is 0.360. The third-order valence-corrected chi connectivity index (χ3v) is 4.37. The first-order chi connectivity index (χ1) is 11.0. The van der Waals surface area contributed by atoms with Gasteiger partial charge < -0.3 is 9.64 Å². The van der Waals surface area contributed by atoms with Gasteiger partial charge in [-0.2, -0.15) is 0 Å². The second-order valence-corrected chi connectivity index (χ2v) is 5.78. The molecule has 1 aromatic carbocycles. The third kappa shape index (κ3) is 2.44. The van der Waals surface area contributed by atoms with E-state index in [0.717, 1.165) is 5.56 Å². The summed E-state index contributed by atoms with van der Waals surface area (Å²) in [5.74, 6) is 2.03. The van der Waals surface area contributed by atoms with Crippen LogP contribution >= 0.6 is 0 Å². The molecular weight excluding hydrogens is 296 g/mol. The van der Waals surface area contributed by atoms with Crippen molar-refractivity contribution in [1.82, 2.24) is 10.2 Å². The molecule has 3 rings (SSSR count). The van der Waals surface area contributed by atoms with Crippen molar-refractivity contribution in [1.29, 1.82) is 0 Å². The van der Waals surface area contributed by atoms with E-state index in [9.17, 15) is 14.4 Å². The van der Waals surface area contributed by atoms with Crippen LogP contribution in [0.4, 0.5) is 0 Å². The van der Waals surface area contributed by atoms with E-state index in [0.29, 0.717) is 24.3 Å². The molecule has 3 amide bonds. The summed E-state index contributed by atoms with van der Waals surface area (Å²) in [7, 11) is 1.57. The lowest BCUT2D eigenvalue weighted by atomic mass is 9.85. The Morgan fingerprint density at radius 2 is 2.17 bits per heavy atom. The number of ether oxygens (including phenoxy) is 1. The Morgan fingerprint density at radius 3 is 2.78 bits per heavy atom. The van der Waals surface area contributed by atoms with Gasteiger partial charge in [-0.05, 0) is 30.2 Å². The maximum Gasteiger partial charge on any atom is 0.254 e. The molecular formula is C17H16N2O4. The van der Waals surface area contributed by atoms with E-state index in [4.69, 9.17) is 11.2 Å². The average Bonchev–Trinajstić information content (AvgIpc) is 2.84. The van der Waals surface area contributed by atoms with E-state index in [1.54, 1.807) is 24.1 Å². The molecule has 0 aromatic heterocycles. The fourth-order valence-corrected chi connectivity index (χ4v) is 3.05. The van der Waals surface area contributed by atoms with Gasteiger partial charge in [-0.1, -0.05) is 5.92 Å². The minimum absolute atomic E-state index is 0.0470. The maximum atomic E-state index is 12.7. The summed E-state index contributed by atoms with van der Waals surface area (Å²) in [6.07, 6.45) is 6.06. The molecule has 1 fully saturated rings. The minimum atomic E-state index is -1.27. The van der Waals surface area contributed by atoms with Crippen LogP contribution in [0.25, 0.3) is 0 Å². The molecule has 118 valence electrons. The number of rotatable bonds is 3. The molecule has 1 atom stereocenters. The summed E-state index contributed by atoms with van der Waals surface area (Å²) < 4.78 is 5.17. The molecule has 0 radical (unpaired) electrons. The van der Waals surface area contributed by atoms with Crippen LogP contribution in [0.15, 0.2) is 18.2 Å². The first-order valence-electron chi connectivity index (χ1n) is 7.27. The zero-order valence-electron chi connectivity index (χ0n) is 12.7. The average molecular weight is 312 g/mol. The number of fused-ring (bicyclic) bond motifs is 1. The number of imide groups is 1. The first-order valence-corrected chi connectivity index (χ1v) is 7.27. The van der Waals surface area contributed by atoms with Crippen molar-refractivity contribution in [2.45, 2.75) is 12.8 Å². The Balaban J connectivity index is 1.86. The van der Waals surface area contributed by atoms with Gasteiger partial charge in [0.2, 0.25) is 11.8 Å². The number of methoxy groups -OCH3 is 1. The highest BCUT2D eigenvalue weighted by molar-refractivity contribution is 6.08. The predicted molar refractivity (Wildman–Crippen MR) is 81.6 cm³/mol. The molecule has 23 heavy (non-hydrogen) atoms. The lowest BCUT2D eigenvalue weighted by Gasteiger charge is -2.33. The van der Waals surface area contributed by atoms with Crippen molar-refractivity contribution in [3.05, 3.63) is 29.3 Å². The Hall–Kier alpha value is -2.81. The molecule has 6 heteroatoms. The van der Waals surface area contributed by atoms with E-state index >= 15 is 0 Å². The lowest BCUT2D eigenvalue weighted by molar-refractivity contribution is -0.127. The molecule has 6 nitrogen and oxygen atoms in total. The first kappa shape index (κ1) is 15.1. The zero-order chi connectivity index (χ0) is 16.6. The van der Waals surface area contributed by atoms with E-state index in [2.05, 4.69) is 11.2 Å². The molecule has 1 aromatic rings. The van der Waals surface area contributed by atoms with Crippen molar-refractivity contribution in [3.63, 3.8) is 0 Å². The normalized spacial score (nSPS) is 23.3. The number of amides is 3. The quantitative estimate of drug-likeness (QED) is 0.646. The van der Waals surface area contributed by atoms with Crippen LogP contribution in [0.1, 0.15) is 22.3 Å². The van der Waals surface area contributed by atoms with Crippen LogP contribution < -0.4 is 10.1 Å². The van der Waals surface area contributed by atoms with E-state index < -0.39 is 17.2 Å². The SMILES string of the molecule is C#C[C@]1(CN2CCc3cc(OC)ccc3C2=O)CC(=O)NC1=O. The van der Waals surface area contributed by atoms with Crippen LogP contribution in [0, 0.1) is 17.8 Å². The topological polar surface area (TPSA) is 75.7 Å². The smallest absolute Gasteiger partial charge is 0.254 e. The summed E-state index contributed by atoms with van der Waals surface area (Å²) in [4.78, 5) is 37.7. The van der Waals surface area contributed by atoms with Gasteiger partial charge in [0.1, 0.15) is 11.2 Å². The number of hydrogen-bond acceptors (Lipinski definition) is 4. The molecule has 2 aliphatic rings. The fourth-order valence-electron chi connectivity index (χ4n) is 3.05. The molecule has 0 spiro atoms. The number of nitrogens with one attached hydrogen (secondary N) is 1. The molecule has 0 aliphatic carbocycles. The Morgan fingerprint density at radius 1 is 1.39 bits per heavy atom. The van der Waals surface area contributed by atoms with Crippen molar-refractivity contribution in [2.75, 3.05) is 20.2 Å². The summed E-state index contributed by atoms with van der Waals surface area (Å²) in [5.41, 5.74) is 0.220. The van der Waals surface area contributed by atoms with Gasteiger partial charge >= 0.3 is 0 Å². The Kier molecular flexibility index (Phi) is 3.57. The number of hydrogen-bond donors (Lipinski definition) is 1. The van der Waals surface area contributed by atoms with Gasteiger partial charge in [-0.15, -0.1) is 6.42 Å². The van der Waals surface area contributed by atoms with Gasteiger partial charge in [0.05, 0.1) is 13.5 Å². The zero-order valence-corrected chi connectivity index (χ0v) is 12.7. The van der Waals surface area contributed by atoms with Gasteiger partial charge in [0.15, 0.2) is 0 Å². The minimum Gasteiger partial charge on any atom is -0.497 e. The monoisotopic (exact) mass is 312 g/mol. The van der Waals surface area contributed by atoms with Crippen molar-refractivity contribution >= 4 is 17.7 Å². The lowest BCUT2D eigenvalue weighted by Crippen LogP contribution is -2.47. The van der Waals surface area contributed by atoms with Crippen LogP contribution in [-0.2, 0) is 16.0 Å². The highest BCUT2D eigenvalue weighted by atomic mass is 16.5. The highest BCUT2D eigenvalue weighted by Gasteiger charge is 2.47. The molecule has 0 saturated carbocycles. The molecule has 2 aliphatic heterocycles. The summed E-state index contributed by atoms with van der Waals surface area (Å²) in [5, 5.41) is 2.22. The highest BCUT2D eigenvalue weighted by Crippen LogP contribution is 2.31. The molecule has 0 bridgehead atoms. The third-order valence-electron chi connectivity index (χ3n) is 4.37. The Bertz CT molecular complexity index is 749. The largest absolute Gasteiger partial charge is 0.497 e. The molecule has 1 saturated heterocycles. The second-order valence-electron chi connectivity index (χ2n) is 5.78. The van der Waals surface area contributed by atoms with Gasteiger partial charge in [0, 0.05) is 18.7 Å². The fraction of sp³-hybridized carbons (Fsp3) is 0.353. The standard InChI is InChI=1S/C17H16N2O4/c1-3-17(9-14(20)18-16(17)22)10-19-7-6-11-8-12(23-2)4-5-13(11)15(19)21/h1,4-5,8H,6-7,9-10H2,2H3,(H,18,20,22)/t17-/m1/s1. The summed E-state index contributed by atoms with van der Waals surface area (Å²) in [6, 6.07) is 5.28. The second kappa shape index (κ2) is 5.43. The van der Waals surface area contributed by atoms with Crippen LogP contribution in [0.3, 0.4) is 0 Å². The maximum absolute atomic E-state index is 12.7. The van der Waals surface area contributed by atoms with Gasteiger partial charge in [0.25, 0.3) is 5.91 Å². The number of benzene rings is 1. The van der Waals surface area contributed by atoms with Crippen LogP contribution in [-0.4, -0.2) is 42.8 Å². The number of carbonyl (C=O) groups is 3.